The number of aromatic hydroxyl groups is 2. The average molecular weight is 278 g/mol. The number of aliphatic hydroxyl groups is 2. The Morgan fingerprint density at radius 1 is 1.20 bits per heavy atom. The molecule has 0 heterocycles. The van der Waals surface area contributed by atoms with Crippen LogP contribution in [0.5, 0.6) is 11.5 Å². The van der Waals surface area contributed by atoms with E-state index in [-0.39, 0.29) is 42.0 Å². The van der Waals surface area contributed by atoms with E-state index in [2.05, 4.69) is 0 Å². The number of Topliss-reactive ketones (excluding diaryl/α,β-unsaturated/α-hetero) is 1. The minimum Gasteiger partial charge on any atom is -0.508 e. The Morgan fingerprint density at radius 3 is 2.60 bits per heavy atom. The standard InChI is InChI=1S/C15H18O5/c16-4-3-9(8-17)5-11-2-1-10-6-12(18)7-13(19)14(10)15(11)20/h2,6-7,9,16-19H,1,3-5,8H2. The summed E-state index contributed by atoms with van der Waals surface area (Å²) in [5.74, 6) is -0.742. The number of hydrogen-bond donors (Lipinski definition) is 4. The number of phenols is 2. The van der Waals surface area contributed by atoms with Gasteiger partial charge in [0.15, 0.2) is 5.78 Å². The molecule has 0 amide bonds. The van der Waals surface area contributed by atoms with Crippen LogP contribution in [0.1, 0.15) is 28.8 Å². The number of phenolic OH excluding ortho intramolecular Hbond substituents is 2. The van der Waals surface area contributed by atoms with Crippen molar-refractivity contribution in [3.63, 3.8) is 0 Å². The molecule has 108 valence electrons. The Balaban J connectivity index is 2.24. The maximum Gasteiger partial charge on any atom is 0.192 e. The molecular formula is C15H18O5. The Hall–Kier alpha value is -1.85. The quantitative estimate of drug-likeness (QED) is 0.647. The summed E-state index contributed by atoms with van der Waals surface area (Å²) in [6.45, 7) is -0.137. The second kappa shape index (κ2) is 6.07. The van der Waals surface area contributed by atoms with Crippen LogP contribution in [0.2, 0.25) is 0 Å². The lowest BCUT2D eigenvalue weighted by molar-refractivity contribution is 0.101. The molecule has 0 fully saturated rings. The van der Waals surface area contributed by atoms with Crippen molar-refractivity contribution in [2.75, 3.05) is 13.2 Å². The number of benzene rings is 1. The monoisotopic (exact) mass is 278 g/mol. The van der Waals surface area contributed by atoms with Crippen LogP contribution >= 0.6 is 0 Å². The third-order valence-corrected chi connectivity index (χ3v) is 3.58. The van der Waals surface area contributed by atoms with E-state index in [9.17, 15) is 20.1 Å². The molecule has 0 radical (unpaired) electrons. The Kier molecular flexibility index (Phi) is 4.42. The fourth-order valence-corrected chi connectivity index (χ4v) is 2.51. The lowest BCUT2D eigenvalue weighted by Crippen LogP contribution is -2.17. The minimum absolute atomic E-state index is 0.0393. The lowest BCUT2D eigenvalue weighted by atomic mass is 9.84. The van der Waals surface area contributed by atoms with Gasteiger partial charge in [0.2, 0.25) is 0 Å². The van der Waals surface area contributed by atoms with Crippen LogP contribution in [-0.2, 0) is 6.42 Å². The summed E-state index contributed by atoms with van der Waals surface area (Å²) in [4.78, 5) is 12.4. The van der Waals surface area contributed by atoms with Crippen LogP contribution in [0.4, 0.5) is 0 Å². The first-order chi connectivity index (χ1) is 9.56. The van der Waals surface area contributed by atoms with Crippen LogP contribution in [0.3, 0.4) is 0 Å². The van der Waals surface area contributed by atoms with E-state index >= 15 is 0 Å². The summed E-state index contributed by atoms with van der Waals surface area (Å²) in [5, 5.41) is 37.4. The highest BCUT2D eigenvalue weighted by molar-refractivity contribution is 6.12. The number of allylic oxidation sites excluding steroid dienone is 2. The molecule has 1 aliphatic carbocycles. The summed E-state index contributed by atoms with van der Waals surface area (Å²) in [5.41, 5.74) is 1.35. The molecule has 1 aromatic carbocycles. The Morgan fingerprint density at radius 2 is 1.95 bits per heavy atom. The number of rotatable bonds is 5. The topological polar surface area (TPSA) is 98.0 Å². The van der Waals surface area contributed by atoms with Crippen LogP contribution in [-0.4, -0.2) is 39.4 Å². The molecule has 4 N–H and O–H groups in total. The molecule has 0 saturated carbocycles. The molecule has 1 aliphatic rings. The van der Waals surface area contributed by atoms with Gasteiger partial charge < -0.3 is 20.4 Å². The van der Waals surface area contributed by atoms with Gasteiger partial charge in [0, 0.05) is 19.3 Å². The molecule has 0 bridgehead atoms. The molecule has 5 heteroatoms. The SMILES string of the molecule is O=C1C(CC(CO)CCO)=CCc2cc(O)cc(O)c21. The van der Waals surface area contributed by atoms with Gasteiger partial charge in [-0.1, -0.05) is 6.08 Å². The normalized spacial score (nSPS) is 15.7. The highest BCUT2D eigenvalue weighted by Gasteiger charge is 2.26. The number of carbonyl (C=O) groups is 1. The van der Waals surface area contributed by atoms with Crippen molar-refractivity contribution in [3.05, 3.63) is 34.9 Å². The van der Waals surface area contributed by atoms with E-state index in [1.54, 1.807) is 6.08 Å². The molecule has 0 aliphatic heterocycles. The number of ketones is 1. The largest absolute Gasteiger partial charge is 0.508 e. The van der Waals surface area contributed by atoms with Crippen molar-refractivity contribution in [1.82, 2.24) is 0 Å². The summed E-state index contributed by atoms with van der Waals surface area (Å²) in [7, 11) is 0. The van der Waals surface area contributed by atoms with E-state index in [1.807, 2.05) is 0 Å². The lowest BCUT2D eigenvalue weighted by Gasteiger charge is -2.20. The van der Waals surface area contributed by atoms with Crippen molar-refractivity contribution in [3.8, 4) is 11.5 Å². The predicted octanol–water partition coefficient (Wildman–Crippen LogP) is 1.14. The molecule has 1 unspecified atom stereocenters. The summed E-state index contributed by atoms with van der Waals surface area (Å²) in [6, 6.07) is 2.62. The van der Waals surface area contributed by atoms with Gasteiger partial charge in [0.1, 0.15) is 11.5 Å². The second-order valence-electron chi connectivity index (χ2n) is 5.03. The first-order valence-electron chi connectivity index (χ1n) is 6.57. The van der Waals surface area contributed by atoms with Gasteiger partial charge in [0.05, 0.1) is 5.56 Å². The van der Waals surface area contributed by atoms with E-state index in [1.165, 1.54) is 6.07 Å². The van der Waals surface area contributed by atoms with Crippen LogP contribution in [0.15, 0.2) is 23.8 Å². The van der Waals surface area contributed by atoms with Gasteiger partial charge in [-0.25, -0.2) is 0 Å². The smallest absolute Gasteiger partial charge is 0.192 e. The van der Waals surface area contributed by atoms with Crippen LogP contribution < -0.4 is 0 Å². The maximum absolute atomic E-state index is 12.4. The minimum atomic E-state index is -0.278. The molecule has 1 atom stereocenters. The second-order valence-corrected chi connectivity index (χ2v) is 5.03. The van der Waals surface area contributed by atoms with Crippen molar-refractivity contribution in [1.29, 1.82) is 0 Å². The fraction of sp³-hybridized carbons (Fsp3) is 0.400. The third-order valence-electron chi connectivity index (χ3n) is 3.58. The number of carbonyl (C=O) groups excluding carboxylic acids is 1. The van der Waals surface area contributed by atoms with Gasteiger partial charge >= 0.3 is 0 Å². The van der Waals surface area contributed by atoms with Gasteiger partial charge in [-0.2, -0.15) is 0 Å². The third kappa shape index (κ3) is 2.84. The molecule has 0 spiro atoms. The van der Waals surface area contributed by atoms with E-state index in [0.29, 0.717) is 30.4 Å². The van der Waals surface area contributed by atoms with Gasteiger partial charge in [-0.05, 0) is 42.4 Å². The Labute approximate surface area is 116 Å². The number of hydrogen-bond acceptors (Lipinski definition) is 5. The zero-order chi connectivity index (χ0) is 14.7. The fourth-order valence-electron chi connectivity index (χ4n) is 2.51. The van der Waals surface area contributed by atoms with Crippen molar-refractivity contribution in [2.45, 2.75) is 19.3 Å². The van der Waals surface area contributed by atoms with Crippen molar-refractivity contribution in [2.24, 2.45) is 5.92 Å². The molecule has 1 aromatic rings. The van der Waals surface area contributed by atoms with Gasteiger partial charge in [0.25, 0.3) is 0 Å². The van der Waals surface area contributed by atoms with Gasteiger partial charge in [-0.15, -0.1) is 0 Å². The highest BCUT2D eigenvalue weighted by atomic mass is 16.3. The van der Waals surface area contributed by atoms with E-state index in [0.717, 1.165) is 6.07 Å². The highest BCUT2D eigenvalue weighted by Crippen LogP contribution is 2.34. The Bertz CT molecular complexity index is 547. The van der Waals surface area contributed by atoms with Gasteiger partial charge in [-0.3, -0.25) is 4.79 Å². The number of fused-ring (bicyclic) bond motifs is 1. The molecule has 2 rings (SSSR count). The van der Waals surface area contributed by atoms with Crippen molar-refractivity contribution < 1.29 is 25.2 Å². The van der Waals surface area contributed by atoms with Crippen LogP contribution in [0, 0.1) is 5.92 Å². The molecule has 0 saturated heterocycles. The molecule has 20 heavy (non-hydrogen) atoms. The zero-order valence-corrected chi connectivity index (χ0v) is 11.0. The van der Waals surface area contributed by atoms with Crippen molar-refractivity contribution >= 4 is 5.78 Å². The summed E-state index contributed by atoms with van der Waals surface area (Å²) in [6.07, 6.45) is 3.00. The van der Waals surface area contributed by atoms with E-state index in [4.69, 9.17) is 5.11 Å². The molecule has 0 aromatic heterocycles. The average Bonchev–Trinajstić information content (AvgIpc) is 2.40. The predicted molar refractivity (Wildman–Crippen MR) is 72.8 cm³/mol. The van der Waals surface area contributed by atoms with Crippen LogP contribution in [0.25, 0.3) is 0 Å². The summed E-state index contributed by atoms with van der Waals surface area (Å²) < 4.78 is 0. The first-order valence-corrected chi connectivity index (χ1v) is 6.57. The summed E-state index contributed by atoms with van der Waals surface area (Å²) >= 11 is 0. The molecule has 5 nitrogen and oxygen atoms in total. The molecular weight excluding hydrogens is 260 g/mol. The maximum atomic E-state index is 12.4. The van der Waals surface area contributed by atoms with E-state index < -0.39 is 0 Å². The first kappa shape index (κ1) is 14.6. The number of aliphatic hydroxyl groups excluding tert-OH is 2. The zero-order valence-electron chi connectivity index (χ0n) is 11.0.